The summed E-state index contributed by atoms with van der Waals surface area (Å²) in [6, 6.07) is 17.3. The standard InChI is InChI=1S/C35H42N4O6S/c1-21-12-13-28(38-29-19-39(20-29)35(43)45-24(4)44-23(3)40)17-30(21)33(41)37-22(2)26-10-7-11-27(16-26)31-14-15-32(46-31)34(42)36-18-25-8-5-6-9-25/h7,10-17,22,24-25,29,38H,5-6,8-9,18-20H2,1-4H3,(H,36,42)(H,37,41)/t22-,24?/m1/s1. The van der Waals surface area contributed by atoms with E-state index in [9.17, 15) is 19.2 Å². The number of ether oxygens (including phenoxy) is 2. The van der Waals surface area contributed by atoms with Gasteiger partial charge in [-0.25, -0.2) is 4.79 Å². The molecule has 5 rings (SSSR count). The molecule has 1 aliphatic carbocycles. The first-order valence-corrected chi connectivity index (χ1v) is 16.7. The average Bonchev–Trinajstić information content (AvgIpc) is 3.71. The van der Waals surface area contributed by atoms with Crippen LogP contribution in [0.4, 0.5) is 10.5 Å². The normalized spacial score (nSPS) is 16.2. The molecule has 3 aromatic rings. The van der Waals surface area contributed by atoms with E-state index in [1.165, 1.54) is 55.8 Å². The van der Waals surface area contributed by atoms with Gasteiger partial charge in [0.2, 0.25) is 6.29 Å². The van der Waals surface area contributed by atoms with Crippen LogP contribution in [-0.4, -0.2) is 60.7 Å². The van der Waals surface area contributed by atoms with Gasteiger partial charge in [0.15, 0.2) is 0 Å². The molecule has 3 N–H and O–H groups in total. The van der Waals surface area contributed by atoms with Crippen LogP contribution < -0.4 is 16.0 Å². The topological polar surface area (TPSA) is 126 Å². The van der Waals surface area contributed by atoms with Crippen molar-refractivity contribution in [3.63, 3.8) is 0 Å². The SMILES string of the molecule is CC(=O)OC(C)OC(=O)N1CC(Nc2ccc(C)c(C(=O)N[C@H](C)c3cccc(-c4ccc(C(=O)NCC5CCCC5)s4)c3)c2)C1. The molecule has 1 aromatic heterocycles. The lowest BCUT2D eigenvalue weighted by Gasteiger charge is -2.39. The molecule has 10 nitrogen and oxygen atoms in total. The van der Waals surface area contributed by atoms with Crippen molar-refractivity contribution in [1.82, 2.24) is 15.5 Å². The van der Waals surface area contributed by atoms with Gasteiger partial charge in [0.05, 0.1) is 17.0 Å². The average molecular weight is 647 g/mol. The zero-order chi connectivity index (χ0) is 32.8. The van der Waals surface area contributed by atoms with Crippen LogP contribution in [0.15, 0.2) is 54.6 Å². The number of likely N-dealkylation sites (tertiary alicyclic amines) is 1. The van der Waals surface area contributed by atoms with Gasteiger partial charge in [-0.1, -0.05) is 37.1 Å². The number of benzene rings is 2. The maximum Gasteiger partial charge on any atom is 0.412 e. The maximum atomic E-state index is 13.4. The van der Waals surface area contributed by atoms with Crippen LogP contribution in [0.25, 0.3) is 10.4 Å². The quantitative estimate of drug-likeness (QED) is 0.165. The number of aryl methyl sites for hydroxylation is 1. The second-order valence-electron chi connectivity index (χ2n) is 12.2. The molecule has 2 aromatic carbocycles. The summed E-state index contributed by atoms with van der Waals surface area (Å²) < 4.78 is 9.96. The summed E-state index contributed by atoms with van der Waals surface area (Å²) in [7, 11) is 0. The van der Waals surface area contributed by atoms with Gasteiger partial charge in [0.25, 0.3) is 11.8 Å². The Hall–Kier alpha value is -4.38. The van der Waals surface area contributed by atoms with Crippen molar-refractivity contribution in [3.05, 3.63) is 76.2 Å². The fourth-order valence-corrected chi connectivity index (χ4v) is 6.78. The van der Waals surface area contributed by atoms with Gasteiger partial charge >= 0.3 is 12.1 Å². The number of nitrogens with zero attached hydrogens (tertiary/aromatic N) is 1. The molecule has 0 bridgehead atoms. The van der Waals surface area contributed by atoms with Gasteiger partial charge in [0.1, 0.15) is 0 Å². The molecule has 1 aliphatic heterocycles. The Morgan fingerprint density at radius 1 is 0.957 bits per heavy atom. The lowest BCUT2D eigenvalue weighted by Crippen LogP contribution is -2.57. The molecular weight excluding hydrogens is 604 g/mol. The summed E-state index contributed by atoms with van der Waals surface area (Å²) in [6.07, 6.45) is 3.40. The van der Waals surface area contributed by atoms with Crippen molar-refractivity contribution < 1.29 is 28.7 Å². The predicted molar refractivity (Wildman–Crippen MR) is 178 cm³/mol. The minimum atomic E-state index is -0.951. The number of carbonyl (C=O) groups excluding carboxylic acids is 4. The third kappa shape index (κ3) is 8.45. The largest absolute Gasteiger partial charge is 0.426 e. The van der Waals surface area contributed by atoms with E-state index in [0.29, 0.717) is 29.4 Å². The molecule has 1 unspecified atom stereocenters. The molecule has 3 amide bonds. The Labute approximate surface area is 273 Å². The van der Waals surface area contributed by atoms with Crippen LogP contribution in [0.1, 0.15) is 83.7 Å². The van der Waals surface area contributed by atoms with Crippen molar-refractivity contribution >= 4 is 40.9 Å². The number of esters is 1. The van der Waals surface area contributed by atoms with Crippen molar-refractivity contribution in [3.8, 4) is 10.4 Å². The van der Waals surface area contributed by atoms with E-state index in [0.717, 1.165) is 33.8 Å². The van der Waals surface area contributed by atoms with Crippen molar-refractivity contribution in [2.45, 2.75) is 71.8 Å². The van der Waals surface area contributed by atoms with Gasteiger partial charge in [-0.05, 0) is 79.6 Å². The Bertz CT molecular complexity index is 1580. The molecule has 11 heteroatoms. The smallest absolute Gasteiger partial charge is 0.412 e. The number of rotatable bonds is 11. The molecule has 2 fully saturated rings. The lowest BCUT2D eigenvalue weighted by molar-refractivity contribution is -0.163. The Morgan fingerprint density at radius 3 is 2.46 bits per heavy atom. The second kappa shape index (κ2) is 14.8. The Kier molecular flexibility index (Phi) is 10.6. The first-order valence-electron chi connectivity index (χ1n) is 15.8. The third-order valence-electron chi connectivity index (χ3n) is 8.47. The highest BCUT2D eigenvalue weighted by Crippen LogP contribution is 2.31. The van der Waals surface area contributed by atoms with E-state index < -0.39 is 18.4 Å². The van der Waals surface area contributed by atoms with Crippen LogP contribution >= 0.6 is 11.3 Å². The van der Waals surface area contributed by atoms with Crippen LogP contribution in [0, 0.1) is 12.8 Å². The molecular formula is C35H42N4O6S. The number of thiophene rings is 1. The second-order valence-corrected chi connectivity index (χ2v) is 13.3. The highest BCUT2D eigenvalue weighted by molar-refractivity contribution is 7.17. The minimum absolute atomic E-state index is 0.00648. The highest BCUT2D eigenvalue weighted by atomic mass is 32.1. The van der Waals surface area contributed by atoms with Crippen molar-refractivity contribution in [2.24, 2.45) is 5.92 Å². The summed E-state index contributed by atoms with van der Waals surface area (Å²) in [5, 5.41) is 9.60. The van der Waals surface area contributed by atoms with Crippen LogP contribution in [0.5, 0.6) is 0 Å². The Balaban J connectivity index is 1.15. The fourth-order valence-electron chi connectivity index (χ4n) is 5.86. The first kappa shape index (κ1) is 33.0. The summed E-state index contributed by atoms with van der Waals surface area (Å²) in [5.41, 5.74) is 4.14. The van der Waals surface area contributed by atoms with Crippen molar-refractivity contribution in [2.75, 3.05) is 25.0 Å². The van der Waals surface area contributed by atoms with Crippen LogP contribution in [-0.2, 0) is 14.3 Å². The summed E-state index contributed by atoms with van der Waals surface area (Å²) in [5.74, 6) is -0.129. The minimum Gasteiger partial charge on any atom is -0.426 e. The number of hydrogen-bond donors (Lipinski definition) is 3. The van der Waals surface area contributed by atoms with E-state index in [4.69, 9.17) is 9.47 Å². The molecule has 1 saturated heterocycles. The maximum absolute atomic E-state index is 13.4. The lowest BCUT2D eigenvalue weighted by atomic mass is 10.0. The monoisotopic (exact) mass is 646 g/mol. The highest BCUT2D eigenvalue weighted by Gasteiger charge is 2.33. The molecule has 0 spiro atoms. The van der Waals surface area contributed by atoms with E-state index in [-0.39, 0.29) is 23.9 Å². The predicted octanol–water partition coefficient (Wildman–Crippen LogP) is 6.28. The van der Waals surface area contributed by atoms with E-state index >= 15 is 0 Å². The number of nitrogens with one attached hydrogen (secondary N) is 3. The summed E-state index contributed by atoms with van der Waals surface area (Å²) in [4.78, 5) is 52.6. The van der Waals surface area contributed by atoms with Crippen LogP contribution in [0.3, 0.4) is 0 Å². The van der Waals surface area contributed by atoms with Gasteiger partial charge in [-0.15, -0.1) is 11.3 Å². The number of hydrogen-bond acceptors (Lipinski definition) is 8. The zero-order valence-corrected chi connectivity index (χ0v) is 27.6. The third-order valence-corrected chi connectivity index (χ3v) is 9.60. The summed E-state index contributed by atoms with van der Waals surface area (Å²) >= 11 is 1.48. The van der Waals surface area contributed by atoms with Crippen LogP contribution in [0.2, 0.25) is 0 Å². The Morgan fingerprint density at radius 2 is 1.72 bits per heavy atom. The number of amides is 3. The molecule has 2 atom stereocenters. The van der Waals surface area contributed by atoms with E-state index in [1.807, 2.05) is 62.4 Å². The molecule has 46 heavy (non-hydrogen) atoms. The first-order chi connectivity index (χ1) is 22.0. The molecule has 0 radical (unpaired) electrons. The van der Waals surface area contributed by atoms with Gasteiger partial charge < -0.3 is 30.3 Å². The molecule has 2 heterocycles. The van der Waals surface area contributed by atoms with Crippen molar-refractivity contribution in [1.29, 1.82) is 0 Å². The van der Waals surface area contributed by atoms with Gasteiger partial charge in [-0.3, -0.25) is 14.4 Å². The number of anilines is 1. The van der Waals surface area contributed by atoms with E-state index in [2.05, 4.69) is 22.0 Å². The van der Waals surface area contributed by atoms with E-state index in [1.54, 1.807) is 0 Å². The molecule has 1 saturated carbocycles. The molecule has 244 valence electrons. The summed E-state index contributed by atoms with van der Waals surface area (Å²) in [6.45, 7) is 8.18. The fraction of sp³-hybridized carbons (Fsp3) is 0.429. The number of carbonyl (C=O) groups is 4. The molecule has 2 aliphatic rings. The zero-order valence-electron chi connectivity index (χ0n) is 26.8. The van der Waals surface area contributed by atoms with Gasteiger partial charge in [-0.2, -0.15) is 0 Å². The van der Waals surface area contributed by atoms with Gasteiger partial charge in [0, 0.05) is 49.6 Å².